The summed E-state index contributed by atoms with van der Waals surface area (Å²) in [6, 6.07) is 7.83. The van der Waals surface area contributed by atoms with Crippen molar-refractivity contribution in [3.05, 3.63) is 42.4 Å². The van der Waals surface area contributed by atoms with Crippen LogP contribution in [0.2, 0.25) is 0 Å². The van der Waals surface area contributed by atoms with Gasteiger partial charge < -0.3 is 15.5 Å². The smallest absolute Gasteiger partial charge is 0.275 e. The molecule has 0 saturated heterocycles. The highest BCUT2D eigenvalue weighted by Crippen LogP contribution is 2.18. The average Bonchev–Trinajstić information content (AvgIpc) is 2.64. The zero-order valence-electron chi connectivity index (χ0n) is 16.1. The minimum Gasteiger partial charge on any atom is -0.372 e. The molecule has 0 unspecified atom stereocenters. The Morgan fingerprint density at radius 3 is 2.31 bits per heavy atom. The first-order valence-electron chi connectivity index (χ1n) is 9.25. The summed E-state index contributed by atoms with van der Waals surface area (Å²) in [6.45, 7) is 11.4. The molecule has 0 bridgehead atoms. The van der Waals surface area contributed by atoms with Crippen LogP contribution in [-0.2, 0) is 0 Å². The van der Waals surface area contributed by atoms with Crippen LogP contribution in [0.3, 0.4) is 0 Å². The van der Waals surface area contributed by atoms with E-state index < -0.39 is 0 Å². The molecule has 2 aromatic rings. The van der Waals surface area contributed by atoms with E-state index in [2.05, 4.69) is 53.2 Å². The standard InChI is InChI=1S/C20H29N5O/c1-5-25(6-2)17-9-7-16(8-10-17)24-20(26)18-13-23-19(14-22-18)21-12-11-15(3)4/h7-10,13-15H,5-6,11-12H2,1-4H3,(H,21,23)(H,24,26). The third-order valence-corrected chi connectivity index (χ3v) is 4.17. The van der Waals surface area contributed by atoms with Crippen molar-refractivity contribution in [3.8, 4) is 0 Å². The van der Waals surface area contributed by atoms with Crippen molar-refractivity contribution in [3.63, 3.8) is 0 Å². The molecule has 1 heterocycles. The zero-order chi connectivity index (χ0) is 18.9. The lowest BCUT2D eigenvalue weighted by Gasteiger charge is -2.21. The molecule has 26 heavy (non-hydrogen) atoms. The number of aromatic nitrogens is 2. The second kappa shape index (κ2) is 9.75. The topological polar surface area (TPSA) is 70.2 Å². The molecule has 1 aromatic carbocycles. The summed E-state index contributed by atoms with van der Waals surface area (Å²) in [5, 5.41) is 6.07. The van der Waals surface area contributed by atoms with E-state index in [1.165, 1.54) is 6.20 Å². The zero-order valence-corrected chi connectivity index (χ0v) is 16.1. The molecule has 0 aliphatic heterocycles. The normalized spacial score (nSPS) is 10.7. The molecule has 0 atom stereocenters. The Hall–Kier alpha value is -2.63. The number of anilines is 3. The summed E-state index contributed by atoms with van der Waals surface area (Å²) in [6.07, 6.45) is 4.16. The maximum atomic E-state index is 12.3. The number of rotatable bonds is 9. The van der Waals surface area contributed by atoms with E-state index in [4.69, 9.17) is 0 Å². The lowest BCUT2D eigenvalue weighted by Crippen LogP contribution is -2.21. The number of carbonyl (C=O) groups excluding carboxylic acids is 1. The summed E-state index contributed by atoms with van der Waals surface area (Å²) in [5.74, 6) is 1.06. The van der Waals surface area contributed by atoms with Gasteiger partial charge in [-0.25, -0.2) is 9.97 Å². The third kappa shape index (κ3) is 5.72. The fourth-order valence-corrected chi connectivity index (χ4v) is 2.56. The summed E-state index contributed by atoms with van der Waals surface area (Å²) in [4.78, 5) is 23.0. The number of benzene rings is 1. The molecule has 6 nitrogen and oxygen atoms in total. The largest absolute Gasteiger partial charge is 0.372 e. The van der Waals surface area contributed by atoms with Crippen LogP contribution in [0.25, 0.3) is 0 Å². The summed E-state index contributed by atoms with van der Waals surface area (Å²) >= 11 is 0. The molecule has 0 saturated carbocycles. The highest BCUT2D eigenvalue weighted by Gasteiger charge is 2.09. The first kappa shape index (κ1) is 19.7. The van der Waals surface area contributed by atoms with E-state index in [0.29, 0.717) is 17.4 Å². The molecule has 0 aliphatic carbocycles. The van der Waals surface area contributed by atoms with Crippen molar-refractivity contribution >= 4 is 23.1 Å². The highest BCUT2D eigenvalue weighted by atomic mass is 16.1. The lowest BCUT2D eigenvalue weighted by molar-refractivity contribution is 0.102. The van der Waals surface area contributed by atoms with Crippen molar-refractivity contribution in [1.29, 1.82) is 0 Å². The van der Waals surface area contributed by atoms with Crippen LogP contribution >= 0.6 is 0 Å². The molecular formula is C20H29N5O. The Kier molecular flexibility index (Phi) is 7.38. The Morgan fingerprint density at radius 2 is 1.77 bits per heavy atom. The van der Waals surface area contributed by atoms with Crippen LogP contribution in [-0.4, -0.2) is 35.5 Å². The molecule has 0 aliphatic rings. The van der Waals surface area contributed by atoms with Crippen molar-refractivity contribution in [2.45, 2.75) is 34.1 Å². The molecule has 1 aromatic heterocycles. The number of carbonyl (C=O) groups is 1. The number of hydrogen-bond donors (Lipinski definition) is 2. The first-order chi connectivity index (χ1) is 12.5. The predicted octanol–water partition coefficient (Wildman–Crippen LogP) is 4.03. The van der Waals surface area contributed by atoms with Gasteiger partial charge in [0, 0.05) is 31.0 Å². The molecule has 0 radical (unpaired) electrons. The quantitative estimate of drug-likeness (QED) is 0.710. The predicted molar refractivity (Wildman–Crippen MR) is 108 cm³/mol. The molecule has 2 N–H and O–H groups in total. The van der Waals surface area contributed by atoms with E-state index in [0.717, 1.165) is 37.4 Å². The maximum Gasteiger partial charge on any atom is 0.275 e. The summed E-state index contributed by atoms with van der Waals surface area (Å²) in [7, 11) is 0. The van der Waals surface area contributed by atoms with Crippen LogP contribution in [0, 0.1) is 5.92 Å². The minimum atomic E-state index is -0.262. The molecule has 0 fully saturated rings. The van der Waals surface area contributed by atoms with Crippen LogP contribution in [0.5, 0.6) is 0 Å². The van der Waals surface area contributed by atoms with Crippen LogP contribution in [0.15, 0.2) is 36.7 Å². The van der Waals surface area contributed by atoms with Gasteiger partial charge in [-0.05, 0) is 50.5 Å². The fourth-order valence-electron chi connectivity index (χ4n) is 2.56. The van der Waals surface area contributed by atoms with E-state index in [1.807, 2.05) is 24.3 Å². The Morgan fingerprint density at radius 1 is 1.08 bits per heavy atom. The van der Waals surface area contributed by atoms with Gasteiger partial charge in [-0.1, -0.05) is 13.8 Å². The van der Waals surface area contributed by atoms with E-state index in [-0.39, 0.29) is 5.91 Å². The van der Waals surface area contributed by atoms with Crippen molar-refractivity contribution in [2.24, 2.45) is 5.92 Å². The van der Waals surface area contributed by atoms with Gasteiger partial charge in [-0.15, -0.1) is 0 Å². The van der Waals surface area contributed by atoms with Gasteiger partial charge in [-0.2, -0.15) is 0 Å². The van der Waals surface area contributed by atoms with Gasteiger partial charge in [0.2, 0.25) is 0 Å². The number of nitrogens with zero attached hydrogens (tertiary/aromatic N) is 3. The third-order valence-electron chi connectivity index (χ3n) is 4.17. The van der Waals surface area contributed by atoms with Crippen LogP contribution < -0.4 is 15.5 Å². The van der Waals surface area contributed by atoms with Gasteiger partial charge in [0.05, 0.1) is 12.4 Å². The van der Waals surface area contributed by atoms with E-state index in [1.54, 1.807) is 6.20 Å². The van der Waals surface area contributed by atoms with Gasteiger partial charge in [0.1, 0.15) is 11.5 Å². The monoisotopic (exact) mass is 355 g/mol. The molecular weight excluding hydrogens is 326 g/mol. The second-order valence-electron chi connectivity index (χ2n) is 6.57. The number of amides is 1. The highest BCUT2D eigenvalue weighted by molar-refractivity contribution is 6.02. The van der Waals surface area contributed by atoms with Crippen LogP contribution in [0.4, 0.5) is 17.2 Å². The van der Waals surface area contributed by atoms with Gasteiger partial charge >= 0.3 is 0 Å². The van der Waals surface area contributed by atoms with Crippen molar-refractivity contribution in [2.75, 3.05) is 35.2 Å². The van der Waals surface area contributed by atoms with Crippen molar-refractivity contribution in [1.82, 2.24) is 9.97 Å². The SMILES string of the molecule is CCN(CC)c1ccc(NC(=O)c2cnc(NCCC(C)C)cn2)cc1. The minimum absolute atomic E-state index is 0.262. The Bertz CT molecular complexity index is 678. The van der Waals surface area contributed by atoms with E-state index in [9.17, 15) is 4.79 Å². The van der Waals surface area contributed by atoms with Crippen molar-refractivity contribution < 1.29 is 4.79 Å². The van der Waals surface area contributed by atoms with Gasteiger partial charge in [0.25, 0.3) is 5.91 Å². The molecule has 2 rings (SSSR count). The molecule has 1 amide bonds. The number of nitrogens with one attached hydrogen (secondary N) is 2. The van der Waals surface area contributed by atoms with Crippen LogP contribution in [0.1, 0.15) is 44.6 Å². The first-order valence-corrected chi connectivity index (χ1v) is 9.25. The van der Waals surface area contributed by atoms with Gasteiger partial charge in [-0.3, -0.25) is 4.79 Å². The summed E-state index contributed by atoms with van der Waals surface area (Å²) in [5.41, 5.74) is 2.18. The Balaban J connectivity index is 1.92. The second-order valence-corrected chi connectivity index (χ2v) is 6.57. The fraction of sp³-hybridized carbons (Fsp3) is 0.450. The average molecular weight is 355 g/mol. The number of hydrogen-bond acceptors (Lipinski definition) is 5. The lowest BCUT2D eigenvalue weighted by atomic mass is 10.1. The Labute approximate surface area is 156 Å². The molecule has 140 valence electrons. The molecule has 0 spiro atoms. The van der Waals surface area contributed by atoms with Gasteiger partial charge in [0.15, 0.2) is 0 Å². The summed E-state index contributed by atoms with van der Waals surface area (Å²) < 4.78 is 0. The maximum absolute atomic E-state index is 12.3. The van der Waals surface area contributed by atoms with E-state index >= 15 is 0 Å². The molecule has 6 heteroatoms.